The van der Waals surface area contributed by atoms with Crippen LogP contribution in [-0.4, -0.2) is 22.7 Å². The molecule has 3 saturated carbocycles. The SMILES string of the molecule is C[C@H]1CC2=CC(=O)CCC2C2CC[C@@]3(C)C(CC[C@]3(O)C(F)(F)F)C21. The quantitative estimate of drug-likeness (QED) is 0.685. The summed E-state index contributed by atoms with van der Waals surface area (Å²) in [6, 6.07) is 0. The molecule has 140 valence electrons. The Balaban J connectivity index is 1.70. The van der Waals surface area contributed by atoms with E-state index in [0.717, 1.165) is 19.3 Å². The van der Waals surface area contributed by atoms with Gasteiger partial charge in [-0.05, 0) is 74.2 Å². The maximum absolute atomic E-state index is 13.7. The highest BCUT2D eigenvalue weighted by Crippen LogP contribution is 2.68. The zero-order valence-electron chi connectivity index (χ0n) is 14.9. The average molecular weight is 356 g/mol. The van der Waals surface area contributed by atoms with Crippen molar-refractivity contribution < 1.29 is 23.1 Å². The first-order valence-corrected chi connectivity index (χ1v) is 9.61. The minimum atomic E-state index is -4.57. The van der Waals surface area contributed by atoms with Gasteiger partial charge in [0.1, 0.15) is 0 Å². The molecule has 25 heavy (non-hydrogen) atoms. The third-order valence-electron chi connectivity index (χ3n) is 8.26. The Hall–Kier alpha value is -0.840. The molecule has 0 heterocycles. The summed E-state index contributed by atoms with van der Waals surface area (Å²) in [5.74, 6) is 1.36. The van der Waals surface area contributed by atoms with Gasteiger partial charge in [-0.25, -0.2) is 0 Å². The first-order valence-electron chi connectivity index (χ1n) is 9.61. The van der Waals surface area contributed by atoms with Crippen LogP contribution in [0.2, 0.25) is 0 Å². The van der Waals surface area contributed by atoms with Gasteiger partial charge < -0.3 is 5.11 Å². The summed E-state index contributed by atoms with van der Waals surface area (Å²) in [7, 11) is 0. The van der Waals surface area contributed by atoms with Crippen LogP contribution in [0.15, 0.2) is 11.6 Å². The van der Waals surface area contributed by atoms with E-state index >= 15 is 0 Å². The predicted molar refractivity (Wildman–Crippen MR) is 87.6 cm³/mol. The molecule has 0 aromatic heterocycles. The molecule has 3 fully saturated rings. The molecule has 0 aromatic rings. The highest BCUT2D eigenvalue weighted by atomic mass is 19.4. The minimum absolute atomic E-state index is 0.0768. The smallest absolute Gasteiger partial charge is 0.380 e. The maximum Gasteiger partial charge on any atom is 0.417 e. The Morgan fingerprint density at radius 3 is 2.60 bits per heavy atom. The molecular formula is C20H27F3O2. The second-order valence-corrected chi connectivity index (χ2v) is 9.21. The van der Waals surface area contributed by atoms with Crippen molar-refractivity contribution in [3.8, 4) is 0 Å². The molecule has 1 N–H and O–H groups in total. The Kier molecular flexibility index (Phi) is 3.75. The number of hydrogen-bond acceptors (Lipinski definition) is 2. The van der Waals surface area contributed by atoms with E-state index in [1.165, 1.54) is 5.57 Å². The van der Waals surface area contributed by atoms with Crippen LogP contribution in [0.1, 0.15) is 58.8 Å². The Morgan fingerprint density at radius 1 is 1.20 bits per heavy atom. The summed E-state index contributed by atoms with van der Waals surface area (Å²) in [5.41, 5.74) is -2.39. The number of rotatable bonds is 0. The van der Waals surface area contributed by atoms with Crippen LogP contribution in [0, 0.1) is 35.0 Å². The molecule has 0 aliphatic heterocycles. The summed E-state index contributed by atoms with van der Waals surface area (Å²) in [5, 5.41) is 10.6. The molecule has 7 atom stereocenters. The van der Waals surface area contributed by atoms with Gasteiger partial charge in [0, 0.05) is 11.8 Å². The molecule has 0 radical (unpaired) electrons. The highest BCUT2D eigenvalue weighted by Gasteiger charge is 2.72. The second-order valence-electron chi connectivity index (χ2n) is 9.21. The van der Waals surface area contributed by atoms with E-state index in [1.54, 1.807) is 6.92 Å². The molecule has 0 spiro atoms. The summed E-state index contributed by atoms with van der Waals surface area (Å²) < 4.78 is 41.1. The molecule has 0 saturated heterocycles. The van der Waals surface area contributed by atoms with Crippen LogP contribution >= 0.6 is 0 Å². The third-order valence-corrected chi connectivity index (χ3v) is 8.26. The van der Waals surface area contributed by atoms with Gasteiger partial charge in [-0.3, -0.25) is 4.79 Å². The van der Waals surface area contributed by atoms with Gasteiger partial charge >= 0.3 is 6.18 Å². The number of fused-ring (bicyclic) bond motifs is 5. The van der Waals surface area contributed by atoms with Gasteiger partial charge in [0.2, 0.25) is 0 Å². The van der Waals surface area contributed by atoms with Crippen molar-refractivity contribution in [3.63, 3.8) is 0 Å². The number of carbonyl (C=O) groups is 1. The number of carbonyl (C=O) groups excluding carboxylic acids is 1. The van der Waals surface area contributed by atoms with Gasteiger partial charge in [0.15, 0.2) is 11.4 Å². The van der Waals surface area contributed by atoms with Gasteiger partial charge in [-0.2, -0.15) is 13.2 Å². The van der Waals surface area contributed by atoms with E-state index < -0.39 is 17.2 Å². The first kappa shape index (κ1) is 17.6. The molecular weight excluding hydrogens is 329 g/mol. The molecule has 0 aromatic carbocycles. The standard InChI is InChI=1S/C20H27F3O2/c1-11-9-12-10-13(24)3-4-14(12)15-5-7-18(2)16(17(11)15)6-8-19(18,25)20(21,22)23/h10-11,14-17,25H,3-9H2,1-2H3/t11-,14?,15?,16?,17?,18-,19+/m0/s1. The van der Waals surface area contributed by atoms with Crippen LogP contribution in [0.5, 0.6) is 0 Å². The zero-order valence-corrected chi connectivity index (χ0v) is 14.9. The van der Waals surface area contributed by atoms with E-state index in [4.69, 9.17) is 0 Å². The summed E-state index contributed by atoms with van der Waals surface area (Å²) in [4.78, 5) is 11.8. The van der Waals surface area contributed by atoms with Crippen LogP contribution < -0.4 is 0 Å². The van der Waals surface area contributed by atoms with Crippen LogP contribution in [0.3, 0.4) is 0 Å². The van der Waals surface area contributed by atoms with E-state index in [-0.39, 0.29) is 30.0 Å². The molecule has 4 unspecified atom stereocenters. The topological polar surface area (TPSA) is 37.3 Å². The van der Waals surface area contributed by atoms with E-state index in [0.29, 0.717) is 31.1 Å². The van der Waals surface area contributed by atoms with Gasteiger partial charge in [-0.1, -0.05) is 19.4 Å². The lowest BCUT2D eigenvalue weighted by atomic mass is 9.48. The van der Waals surface area contributed by atoms with E-state index in [9.17, 15) is 23.1 Å². The summed E-state index contributed by atoms with van der Waals surface area (Å²) in [6.07, 6.45) is 0.956. The van der Waals surface area contributed by atoms with Crippen molar-refractivity contribution in [2.45, 2.75) is 70.6 Å². The number of allylic oxidation sites excluding steroid dienone is 1. The average Bonchev–Trinajstić information content (AvgIpc) is 2.79. The maximum atomic E-state index is 13.7. The highest BCUT2D eigenvalue weighted by molar-refractivity contribution is 5.91. The van der Waals surface area contributed by atoms with Crippen molar-refractivity contribution in [3.05, 3.63) is 11.6 Å². The Labute approximate surface area is 146 Å². The molecule has 0 bridgehead atoms. The molecule has 4 rings (SSSR count). The van der Waals surface area contributed by atoms with Crippen molar-refractivity contribution in [2.24, 2.45) is 35.0 Å². The van der Waals surface area contributed by atoms with Gasteiger partial charge in [0.05, 0.1) is 0 Å². The van der Waals surface area contributed by atoms with Gasteiger partial charge in [0.25, 0.3) is 0 Å². The number of hydrogen-bond donors (Lipinski definition) is 1. The number of alkyl halides is 3. The lowest BCUT2D eigenvalue weighted by Gasteiger charge is -2.57. The molecule has 4 aliphatic carbocycles. The lowest BCUT2D eigenvalue weighted by Crippen LogP contribution is -2.60. The first-order chi connectivity index (χ1) is 11.6. The van der Waals surface area contributed by atoms with E-state index in [2.05, 4.69) is 6.92 Å². The lowest BCUT2D eigenvalue weighted by molar-refractivity contribution is -0.303. The zero-order chi connectivity index (χ0) is 18.2. The van der Waals surface area contributed by atoms with Crippen molar-refractivity contribution in [2.75, 3.05) is 0 Å². The summed E-state index contributed by atoms with van der Waals surface area (Å²) in [6.45, 7) is 3.81. The normalized spacial score (nSPS) is 49.9. The fraction of sp³-hybridized carbons (Fsp3) is 0.850. The van der Waals surface area contributed by atoms with E-state index in [1.807, 2.05) is 6.08 Å². The third kappa shape index (κ3) is 2.23. The number of ketones is 1. The van der Waals surface area contributed by atoms with Gasteiger partial charge in [-0.15, -0.1) is 0 Å². The number of halogens is 3. The van der Waals surface area contributed by atoms with Crippen LogP contribution in [0.4, 0.5) is 13.2 Å². The molecule has 5 heteroatoms. The largest absolute Gasteiger partial charge is 0.417 e. The monoisotopic (exact) mass is 356 g/mol. The van der Waals surface area contributed by atoms with Crippen molar-refractivity contribution in [1.29, 1.82) is 0 Å². The van der Waals surface area contributed by atoms with Crippen molar-refractivity contribution in [1.82, 2.24) is 0 Å². The molecule has 2 nitrogen and oxygen atoms in total. The Bertz CT molecular complexity index is 625. The fourth-order valence-corrected chi connectivity index (χ4v) is 7.07. The van der Waals surface area contributed by atoms with Crippen LogP contribution in [-0.2, 0) is 4.79 Å². The predicted octanol–water partition coefficient (Wildman–Crippen LogP) is 4.67. The fourth-order valence-electron chi connectivity index (χ4n) is 7.07. The minimum Gasteiger partial charge on any atom is -0.380 e. The van der Waals surface area contributed by atoms with Crippen molar-refractivity contribution >= 4 is 5.78 Å². The number of aliphatic hydroxyl groups is 1. The van der Waals surface area contributed by atoms with Crippen LogP contribution in [0.25, 0.3) is 0 Å². The Morgan fingerprint density at radius 2 is 1.92 bits per heavy atom. The molecule has 4 aliphatic rings. The summed E-state index contributed by atoms with van der Waals surface area (Å²) >= 11 is 0. The molecule has 0 amide bonds. The second kappa shape index (κ2) is 5.34.